The summed E-state index contributed by atoms with van der Waals surface area (Å²) in [6.45, 7) is 10.4. The number of likely N-dealkylation sites (N-methyl/N-ethyl adjacent to an activating group) is 1. The Morgan fingerprint density at radius 3 is 2.59 bits per heavy atom. The van der Waals surface area contributed by atoms with Crippen molar-refractivity contribution >= 4 is 35.6 Å². The number of halogens is 1. The highest BCUT2D eigenvalue weighted by Crippen LogP contribution is 2.27. The summed E-state index contributed by atoms with van der Waals surface area (Å²) in [4.78, 5) is 9.79. The lowest BCUT2D eigenvalue weighted by atomic mass is 10.2. The molecular formula is C21H36IN5. The van der Waals surface area contributed by atoms with Crippen molar-refractivity contribution in [3.05, 3.63) is 29.8 Å². The number of aryl methyl sites for hydroxylation is 1. The zero-order chi connectivity index (χ0) is 18.5. The maximum atomic E-state index is 4.85. The highest BCUT2D eigenvalue weighted by molar-refractivity contribution is 14.0. The number of anilines is 1. The van der Waals surface area contributed by atoms with E-state index in [2.05, 4.69) is 72.5 Å². The van der Waals surface area contributed by atoms with Crippen LogP contribution in [-0.4, -0.2) is 62.2 Å². The molecule has 1 aromatic rings. The minimum absolute atomic E-state index is 0. The maximum absolute atomic E-state index is 4.85. The van der Waals surface area contributed by atoms with Crippen molar-refractivity contribution in [2.75, 3.05) is 38.1 Å². The van der Waals surface area contributed by atoms with Crippen LogP contribution in [-0.2, 0) is 0 Å². The second kappa shape index (κ2) is 10.5. The van der Waals surface area contributed by atoms with Gasteiger partial charge < -0.3 is 15.5 Å². The Kier molecular flexibility index (Phi) is 8.66. The van der Waals surface area contributed by atoms with Crippen molar-refractivity contribution in [3.8, 4) is 0 Å². The molecule has 6 heteroatoms. The first kappa shape index (κ1) is 22.3. The van der Waals surface area contributed by atoms with Gasteiger partial charge in [0.1, 0.15) is 0 Å². The smallest absolute Gasteiger partial charge is 0.191 e. The molecule has 0 spiro atoms. The molecule has 0 amide bonds. The van der Waals surface area contributed by atoms with E-state index in [9.17, 15) is 0 Å². The fraction of sp³-hybridized carbons (Fsp3) is 0.667. The first-order chi connectivity index (χ1) is 12.6. The third-order valence-electron chi connectivity index (χ3n) is 5.60. The van der Waals surface area contributed by atoms with E-state index >= 15 is 0 Å². The van der Waals surface area contributed by atoms with E-state index in [1.807, 2.05) is 0 Å². The van der Waals surface area contributed by atoms with Gasteiger partial charge in [0.15, 0.2) is 5.96 Å². The van der Waals surface area contributed by atoms with Crippen LogP contribution in [0.2, 0.25) is 0 Å². The van der Waals surface area contributed by atoms with E-state index in [-0.39, 0.29) is 24.0 Å². The zero-order valence-electron chi connectivity index (χ0n) is 17.2. The largest absolute Gasteiger partial charge is 0.369 e. The Labute approximate surface area is 182 Å². The molecule has 1 saturated heterocycles. The van der Waals surface area contributed by atoms with Gasteiger partial charge in [0, 0.05) is 43.4 Å². The van der Waals surface area contributed by atoms with E-state index < -0.39 is 0 Å². The van der Waals surface area contributed by atoms with Gasteiger partial charge in [-0.15, -0.1) is 24.0 Å². The van der Waals surface area contributed by atoms with E-state index in [0.29, 0.717) is 12.1 Å². The Morgan fingerprint density at radius 1 is 1.26 bits per heavy atom. The van der Waals surface area contributed by atoms with E-state index in [1.54, 1.807) is 0 Å². The van der Waals surface area contributed by atoms with Crippen LogP contribution in [0.3, 0.4) is 0 Å². The van der Waals surface area contributed by atoms with Gasteiger partial charge in [-0.2, -0.15) is 0 Å². The minimum atomic E-state index is 0. The Hall–Kier alpha value is -1.02. The molecule has 152 valence electrons. The summed E-state index contributed by atoms with van der Waals surface area (Å²) >= 11 is 0. The van der Waals surface area contributed by atoms with Crippen molar-refractivity contribution in [2.45, 2.75) is 58.2 Å². The Bertz CT molecular complexity index is 599. The first-order valence-electron chi connectivity index (χ1n) is 10.1. The van der Waals surface area contributed by atoms with Crippen LogP contribution in [0.15, 0.2) is 29.3 Å². The summed E-state index contributed by atoms with van der Waals surface area (Å²) in [5, 5.41) is 7.06. The molecule has 2 atom stereocenters. The SMILES string of the molecule is CCNC(=NCC(C)N(C)C1CC1)NC1CCN(c2ccc(C)cc2)C1.I. The van der Waals surface area contributed by atoms with Crippen LogP contribution in [0.5, 0.6) is 0 Å². The molecule has 2 unspecified atom stereocenters. The predicted molar refractivity (Wildman–Crippen MR) is 127 cm³/mol. The quantitative estimate of drug-likeness (QED) is 0.354. The molecule has 1 heterocycles. The molecule has 1 aliphatic carbocycles. The van der Waals surface area contributed by atoms with Crippen molar-refractivity contribution in [2.24, 2.45) is 4.99 Å². The van der Waals surface area contributed by atoms with Gasteiger partial charge in [-0.3, -0.25) is 9.89 Å². The summed E-state index contributed by atoms with van der Waals surface area (Å²) < 4.78 is 0. The topological polar surface area (TPSA) is 42.9 Å². The molecule has 0 radical (unpaired) electrons. The van der Waals surface area contributed by atoms with Gasteiger partial charge in [-0.05, 0) is 59.2 Å². The molecule has 3 rings (SSSR count). The van der Waals surface area contributed by atoms with Crippen LogP contribution in [0.25, 0.3) is 0 Å². The van der Waals surface area contributed by atoms with Crippen LogP contribution in [0.4, 0.5) is 5.69 Å². The fourth-order valence-electron chi connectivity index (χ4n) is 3.58. The number of hydrogen-bond acceptors (Lipinski definition) is 3. The summed E-state index contributed by atoms with van der Waals surface area (Å²) in [7, 11) is 2.23. The molecule has 2 fully saturated rings. The molecule has 2 aliphatic rings. The molecule has 0 bridgehead atoms. The summed E-state index contributed by atoms with van der Waals surface area (Å²) in [5.41, 5.74) is 2.64. The Morgan fingerprint density at radius 2 is 1.96 bits per heavy atom. The summed E-state index contributed by atoms with van der Waals surface area (Å²) in [6, 6.07) is 10.6. The monoisotopic (exact) mass is 485 g/mol. The lowest BCUT2D eigenvalue weighted by Crippen LogP contribution is -2.45. The summed E-state index contributed by atoms with van der Waals surface area (Å²) in [5.74, 6) is 0.958. The van der Waals surface area contributed by atoms with Gasteiger partial charge in [0.2, 0.25) is 0 Å². The molecule has 1 aromatic carbocycles. The number of hydrogen-bond donors (Lipinski definition) is 2. The van der Waals surface area contributed by atoms with Crippen molar-refractivity contribution in [1.29, 1.82) is 0 Å². The molecule has 1 aliphatic heterocycles. The van der Waals surface area contributed by atoms with Crippen LogP contribution in [0, 0.1) is 6.92 Å². The summed E-state index contributed by atoms with van der Waals surface area (Å²) in [6.07, 6.45) is 3.84. The normalized spacial score (nSPS) is 21.1. The number of guanidine groups is 1. The number of nitrogens with zero attached hydrogens (tertiary/aromatic N) is 3. The molecule has 27 heavy (non-hydrogen) atoms. The highest BCUT2D eigenvalue weighted by atomic mass is 127. The van der Waals surface area contributed by atoms with Gasteiger partial charge in [0.05, 0.1) is 6.54 Å². The third kappa shape index (κ3) is 6.52. The van der Waals surface area contributed by atoms with Gasteiger partial charge in [0.25, 0.3) is 0 Å². The van der Waals surface area contributed by atoms with Gasteiger partial charge in [-0.25, -0.2) is 0 Å². The van der Waals surface area contributed by atoms with E-state index in [0.717, 1.165) is 44.6 Å². The van der Waals surface area contributed by atoms with Crippen molar-refractivity contribution < 1.29 is 0 Å². The maximum Gasteiger partial charge on any atom is 0.191 e. The molecule has 5 nitrogen and oxygen atoms in total. The molecular weight excluding hydrogens is 449 g/mol. The van der Waals surface area contributed by atoms with Crippen molar-refractivity contribution in [3.63, 3.8) is 0 Å². The average molecular weight is 485 g/mol. The third-order valence-corrected chi connectivity index (χ3v) is 5.60. The van der Waals surface area contributed by atoms with Crippen LogP contribution >= 0.6 is 24.0 Å². The fourth-order valence-corrected chi connectivity index (χ4v) is 3.58. The predicted octanol–water partition coefficient (Wildman–Crippen LogP) is 3.23. The Balaban J connectivity index is 0.00000261. The van der Waals surface area contributed by atoms with Gasteiger partial charge >= 0.3 is 0 Å². The van der Waals surface area contributed by atoms with Crippen LogP contribution < -0.4 is 15.5 Å². The number of rotatable bonds is 7. The minimum Gasteiger partial charge on any atom is -0.369 e. The highest BCUT2D eigenvalue weighted by Gasteiger charge is 2.29. The molecule has 0 aromatic heterocycles. The lowest BCUT2D eigenvalue weighted by molar-refractivity contribution is 0.253. The second-order valence-corrected chi connectivity index (χ2v) is 7.88. The number of benzene rings is 1. The molecule has 2 N–H and O–H groups in total. The zero-order valence-corrected chi connectivity index (χ0v) is 19.6. The average Bonchev–Trinajstić information content (AvgIpc) is 3.39. The van der Waals surface area contributed by atoms with Crippen LogP contribution in [0.1, 0.15) is 38.7 Å². The second-order valence-electron chi connectivity index (χ2n) is 7.88. The van der Waals surface area contributed by atoms with Crippen molar-refractivity contribution in [1.82, 2.24) is 15.5 Å². The standard InChI is InChI=1S/C21H35N5.HI/c1-5-22-21(23-14-17(3)25(4)19-10-11-19)24-18-12-13-26(15-18)20-8-6-16(2)7-9-20;/h6-9,17-19H,5,10-15H2,1-4H3,(H2,22,23,24);1H. The molecule has 1 saturated carbocycles. The first-order valence-corrected chi connectivity index (χ1v) is 10.1. The lowest BCUT2D eigenvalue weighted by Gasteiger charge is -2.24. The van der Waals surface area contributed by atoms with E-state index in [1.165, 1.54) is 24.1 Å². The number of nitrogens with one attached hydrogen (secondary N) is 2. The number of aliphatic imine (C=N–C) groups is 1. The van der Waals surface area contributed by atoms with Gasteiger partial charge in [-0.1, -0.05) is 17.7 Å². The van der Waals surface area contributed by atoms with E-state index in [4.69, 9.17) is 4.99 Å².